The second kappa shape index (κ2) is 5.92. The molecule has 1 aromatic carbocycles. The lowest BCUT2D eigenvalue weighted by Gasteiger charge is -2.07. The van der Waals surface area contributed by atoms with E-state index in [9.17, 15) is 0 Å². The van der Waals surface area contributed by atoms with Gasteiger partial charge in [0, 0.05) is 5.92 Å². The van der Waals surface area contributed by atoms with Gasteiger partial charge in [0.05, 0.1) is 19.8 Å². The van der Waals surface area contributed by atoms with E-state index in [1.807, 2.05) is 31.2 Å². The molecular formula is C12H15NO2. The molecule has 3 nitrogen and oxygen atoms in total. The summed E-state index contributed by atoms with van der Waals surface area (Å²) in [5.41, 5.74) is 0. The lowest BCUT2D eigenvalue weighted by molar-refractivity contribution is 0.297. The summed E-state index contributed by atoms with van der Waals surface area (Å²) in [4.78, 5) is 0. The Morgan fingerprint density at radius 1 is 1.27 bits per heavy atom. The van der Waals surface area contributed by atoms with Crippen LogP contribution in [-0.2, 0) is 0 Å². The number of benzene rings is 1. The highest BCUT2D eigenvalue weighted by molar-refractivity contribution is 5.31. The first-order chi connectivity index (χ1) is 7.26. The smallest absolute Gasteiger partial charge is 0.119 e. The van der Waals surface area contributed by atoms with Crippen LogP contribution >= 0.6 is 0 Å². The fourth-order valence-corrected chi connectivity index (χ4v) is 1.09. The number of nitrogens with zero attached hydrogens (tertiary/aromatic N) is 1. The van der Waals surface area contributed by atoms with Crippen LogP contribution in [0.1, 0.15) is 13.3 Å². The second-order valence-electron chi connectivity index (χ2n) is 3.34. The minimum Gasteiger partial charge on any atom is -0.497 e. The summed E-state index contributed by atoms with van der Waals surface area (Å²) < 4.78 is 10.5. The zero-order valence-electron chi connectivity index (χ0n) is 9.06. The molecule has 0 amide bonds. The molecule has 0 aromatic heterocycles. The summed E-state index contributed by atoms with van der Waals surface area (Å²) in [5.74, 6) is 1.66. The van der Waals surface area contributed by atoms with Crippen molar-refractivity contribution in [2.45, 2.75) is 13.3 Å². The Hall–Kier alpha value is -1.69. The molecule has 0 heterocycles. The molecule has 15 heavy (non-hydrogen) atoms. The normalized spacial score (nSPS) is 11.5. The predicted octanol–water partition coefficient (Wildman–Crippen LogP) is 2.62. The minimum atomic E-state index is 0.0447. The van der Waals surface area contributed by atoms with Crippen molar-refractivity contribution >= 4 is 0 Å². The summed E-state index contributed by atoms with van der Waals surface area (Å²) in [5, 5.41) is 8.58. The molecule has 0 bridgehead atoms. The van der Waals surface area contributed by atoms with Gasteiger partial charge in [0.25, 0.3) is 0 Å². The first-order valence-corrected chi connectivity index (χ1v) is 4.92. The van der Waals surface area contributed by atoms with Crippen LogP contribution in [0.25, 0.3) is 0 Å². The van der Waals surface area contributed by atoms with Crippen LogP contribution < -0.4 is 9.47 Å². The third kappa shape index (κ3) is 3.90. The highest BCUT2D eigenvalue weighted by Gasteiger charge is 2.00. The van der Waals surface area contributed by atoms with Crippen LogP contribution in [-0.4, -0.2) is 13.7 Å². The van der Waals surface area contributed by atoms with E-state index in [4.69, 9.17) is 14.7 Å². The number of hydrogen-bond acceptors (Lipinski definition) is 3. The molecule has 1 rings (SSSR count). The quantitative estimate of drug-likeness (QED) is 0.742. The predicted molar refractivity (Wildman–Crippen MR) is 57.9 cm³/mol. The number of methoxy groups -OCH3 is 1. The van der Waals surface area contributed by atoms with Gasteiger partial charge in [0.15, 0.2) is 0 Å². The third-order valence-corrected chi connectivity index (χ3v) is 2.10. The molecular weight excluding hydrogens is 190 g/mol. The molecule has 0 unspecified atom stereocenters. The number of rotatable bonds is 5. The Balaban J connectivity index is 2.35. The number of nitriles is 1. The third-order valence-electron chi connectivity index (χ3n) is 2.10. The second-order valence-corrected chi connectivity index (χ2v) is 3.34. The Kier molecular flexibility index (Phi) is 4.49. The van der Waals surface area contributed by atoms with Gasteiger partial charge in [-0.1, -0.05) is 0 Å². The van der Waals surface area contributed by atoms with Crippen molar-refractivity contribution in [2.24, 2.45) is 5.92 Å². The van der Waals surface area contributed by atoms with E-state index < -0.39 is 0 Å². The van der Waals surface area contributed by atoms with Gasteiger partial charge < -0.3 is 9.47 Å². The van der Waals surface area contributed by atoms with Crippen molar-refractivity contribution in [3.05, 3.63) is 24.3 Å². The van der Waals surface area contributed by atoms with Gasteiger partial charge in [-0.05, 0) is 37.6 Å². The molecule has 0 fully saturated rings. The Morgan fingerprint density at radius 3 is 2.40 bits per heavy atom. The van der Waals surface area contributed by atoms with E-state index in [0.717, 1.165) is 17.9 Å². The Morgan fingerprint density at radius 2 is 1.87 bits per heavy atom. The summed E-state index contributed by atoms with van der Waals surface area (Å²) in [7, 11) is 1.63. The summed E-state index contributed by atoms with van der Waals surface area (Å²) in [6.45, 7) is 2.46. The largest absolute Gasteiger partial charge is 0.497 e. The highest BCUT2D eigenvalue weighted by Crippen LogP contribution is 2.17. The standard InChI is InChI=1S/C12H15NO2/c1-10(9-13)7-8-15-12-5-3-11(14-2)4-6-12/h3-6,10H,7-8H2,1-2H3/t10-/m1/s1. The maximum atomic E-state index is 8.58. The van der Waals surface area contributed by atoms with Gasteiger partial charge in [-0.15, -0.1) is 0 Å². The Bertz CT molecular complexity index is 326. The first kappa shape index (κ1) is 11.4. The molecule has 0 saturated heterocycles. The maximum Gasteiger partial charge on any atom is 0.119 e. The summed E-state index contributed by atoms with van der Waals surface area (Å²) in [6, 6.07) is 9.58. The molecule has 80 valence electrons. The van der Waals surface area contributed by atoms with Crippen LogP contribution in [0.4, 0.5) is 0 Å². The molecule has 0 saturated carbocycles. The van der Waals surface area contributed by atoms with E-state index in [0.29, 0.717) is 6.61 Å². The highest BCUT2D eigenvalue weighted by atomic mass is 16.5. The number of ether oxygens (including phenoxy) is 2. The molecule has 0 N–H and O–H groups in total. The minimum absolute atomic E-state index is 0.0447. The molecule has 3 heteroatoms. The molecule has 1 atom stereocenters. The monoisotopic (exact) mass is 205 g/mol. The molecule has 0 aliphatic carbocycles. The van der Waals surface area contributed by atoms with E-state index in [2.05, 4.69) is 6.07 Å². The lowest BCUT2D eigenvalue weighted by Crippen LogP contribution is -2.02. The summed E-state index contributed by atoms with van der Waals surface area (Å²) >= 11 is 0. The van der Waals surface area contributed by atoms with Gasteiger partial charge in [-0.3, -0.25) is 0 Å². The van der Waals surface area contributed by atoms with Crippen LogP contribution in [0.2, 0.25) is 0 Å². The van der Waals surface area contributed by atoms with Crippen LogP contribution in [0.5, 0.6) is 11.5 Å². The van der Waals surface area contributed by atoms with Crippen molar-refractivity contribution in [3.63, 3.8) is 0 Å². The first-order valence-electron chi connectivity index (χ1n) is 4.92. The topological polar surface area (TPSA) is 42.2 Å². The van der Waals surface area contributed by atoms with Gasteiger partial charge >= 0.3 is 0 Å². The van der Waals surface area contributed by atoms with Crippen molar-refractivity contribution in [3.8, 4) is 17.6 Å². The number of hydrogen-bond donors (Lipinski definition) is 0. The van der Waals surface area contributed by atoms with Crippen molar-refractivity contribution in [1.29, 1.82) is 5.26 Å². The molecule has 0 radical (unpaired) electrons. The van der Waals surface area contributed by atoms with Crippen molar-refractivity contribution in [1.82, 2.24) is 0 Å². The fraction of sp³-hybridized carbons (Fsp3) is 0.417. The molecule has 0 spiro atoms. The lowest BCUT2D eigenvalue weighted by atomic mass is 10.1. The van der Waals surface area contributed by atoms with Crippen LogP contribution in [0.3, 0.4) is 0 Å². The zero-order chi connectivity index (χ0) is 11.1. The van der Waals surface area contributed by atoms with Gasteiger partial charge in [0.1, 0.15) is 11.5 Å². The van der Waals surface area contributed by atoms with Gasteiger partial charge in [0.2, 0.25) is 0 Å². The fourth-order valence-electron chi connectivity index (χ4n) is 1.09. The van der Waals surface area contributed by atoms with Crippen LogP contribution in [0.15, 0.2) is 24.3 Å². The molecule has 1 aromatic rings. The van der Waals surface area contributed by atoms with E-state index in [1.165, 1.54) is 0 Å². The van der Waals surface area contributed by atoms with Gasteiger partial charge in [-0.2, -0.15) is 5.26 Å². The summed E-state index contributed by atoms with van der Waals surface area (Å²) in [6.07, 6.45) is 0.753. The van der Waals surface area contributed by atoms with Gasteiger partial charge in [-0.25, -0.2) is 0 Å². The SMILES string of the molecule is COc1ccc(OCC[C@@H](C)C#N)cc1. The van der Waals surface area contributed by atoms with E-state index in [1.54, 1.807) is 7.11 Å². The zero-order valence-corrected chi connectivity index (χ0v) is 9.06. The average Bonchev–Trinajstić information content (AvgIpc) is 2.29. The molecule has 0 aliphatic heterocycles. The average molecular weight is 205 g/mol. The van der Waals surface area contributed by atoms with E-state index >= 15 is 0 Å². The van der Waals surface area contributed by atoms with Crippen molar-refractivity contribution in [2.75, 3.05) is 13.7 Å². The van der Waals surface area contributed by atoms with Crippen LogP contribution in [0, 0.1) is 17.2 Å². The van der Waals surface area contributed by atoms with Crippen molar-refractivity contribution < 1.29 is 9.47 Å². The molecule has 0 aliphatic rings. The maximum absolute atomic E-state index is 8.58. The van der Waals surface area contributed by atoms with E-state index in [-0.39, 0.29) is 5.92 Å². The Labute approximate surface area is 90.2 Å².